The maximum Gasteiger partial charge on any atom is -0.00851 e. The van der Waals surface area contributed by atoms with E-state index in [9.17, 15) is 0 Å². The Morgan fingerprint density at radius 3 is 1.97 bits per heavy atom. The van der Waals surface area contributed by atoms with Crippen LogP contribution in [-0.2, 0) is 0 Å². The lowest BCUT2D eigenvalue weighted by Crippen LogP contribution is -2.50. The van der Waals surface area contributed by atoms with Crippen molar-refractivity contribution < 1.29 is 0 Å². The molecule has 0 bridgehead atoms. The molecule has 0 aromatic carbocycles. The Hall–Kier alpha value is -0.260. The summed E-state index contributed by atoms with van der Waals surface area (Å²) in [7, 11) is 0. The van der Waals surface area contributed by atoms with Gasteiger partial charge in [-0.3, -0.25) is 0 Å². The van der Waals surface area contributed by atoms with Gasteiger partial charge < -0.3 is 0 Å². The number of hydrogen-bond donors (Lipinski definition) is 0. The van der Waals surface area contributed by atoms with Gasteiger partial charge in [0.25, 0.3) is 0 Å². The van der Waals surface area contributed by atoms with Crippen molar-refractivity contribution in [3.8, 4) is 0 Å². The zero-order valence-corrected chi connectivity index (χ0v) is 28.9. The minimum atomic E-state index is 0.548. The Balaban J connectivity index is 0.000000811. The Bertz CT molecular complexity index is 655. The van der Waals surface area contributed by atoms with Crippen molar-refractivity contribution in [3.63, 3.8) is 0 Å². The van der Waals surface area contributed by atoms with Crippen molar-refractivity contribution in [2.24, 2.45) is 58.2 Å². The third-order valence-electron chi connectivity index (χ3n) is 11.6. The molecule has 0 aromatic rings. The van der Waals surface area contributed by atoms with Crippen LogP contribution in [0.5, 0.6) is 0 Å². The van der Waals surface area contributed by atoms with Crippen LogP contribution in [0.15, 0.2) is 11.6 Å². The molecule has 6 unspecified atom stereocenters. The summed E-state index contributed by atoms with van der Waals surface area (Å²) in [5.74, 6) is 7.59. The summed E-state index contributed by atoms with van der Waals surface area (Å²) >= 11 is 0. The monoisotopic (exact) mass is 531 g/mol. The molecule has 226 valence electrons. The first kappa shape index (κ1) is 35.8. The second-order valence-electron chi connectivity index (χ2n) is 14.7. The third-order valence-corrected chi connectivity index (χ3v) is 11.6. The van der Waals surface area contributed by atoms with Gasteiger partial charge in [0, 0.05) is 0 Å². The van der Waals surface area contributed by atoms with E-state index in [4.69, 9.17) is 0 Å². The van der Waals surface area contributed by atoms with Crippen LogP contribution in [0, 0.1) is 58.2 Å². The first-order valence-electron chi connectivity index (χ1n) is 17.7. The van der Waals surface area contributed by atoms with Crippen LogP contribution in [0.3, 0.4) is 0 Å². The van der Waals surface area contributed by atoms with Crippen LogP contribution in [0.2, 0.25) is 0 Å². The maximum atomic E-state index is 2.76. The predicted molar refractivity (Wildman–Crippen MR) is 175 cm³/mol. The van der Waals surface area contributed by atoms with Gasteiger partial charge in [0.2, 0.25) is 0 Å². The molecule has 0 amide bonds. The molecule has 0 heterocycles. The highest BCUT2D eigenvalue weighted by Gasteiger charge is 2.58. The molecule has 9 atom stereocenters. The average Bonchev–Trinajstić information content (AvgIpc) is 3.24. The molecule has 0 N–H and O–H groups in total. The van der Waals surface area contributed by atoms with E-state index in [1.54, 1.807) is 0 Å². The van der Waals surface area contributed by atoms with Gasteiger partial charge in [-0.25, -0.2) is 0 Å². The van der Waals surface area contributed by atoms with Crippen molar-refractivity contribution in [1.82, 2.24) is 0 Å². The smallest absolute Gasteiger partial charge is 0.00851 e. The largest absolute Gasteiger partial charge is 0.0845 e. The molecule has 4 rings (SSSR count). The van der Waals surface area contributed by atoms with Crippen LogP contribution >= 0.6 is 0 Å². The van der Waals surface area contributed by atoms with Gasteiger partial charge in [0.15, 0.2) is 0 Å². The number of allylic oxidation sites excluding steroid dienone is 2. The van der Waals surface area contributed by atoms with Crippen LogP contribution in [0.1, 0.15) is 173 Å². The van der Waals surface area contributed by atoms with Crippen LogP contribution in [-0.4, -0.2) is 0 Å². The van der Waals surface area contributed by atoms with E-state index in [0.717, 1.165) is 47.3 Å². The molecule has 3 saturated carbocycles. The van der Waals surface area contributed by atoms with E-state index in [2.05, 4.69) is 82.2 Å². The molecule has 0 nitrogen and oxygen atoms in total. The average molecular weight is 531 g/mol. The molecule has 38 heavy (non-hydrogen) atoms. The molecule has 0 saturated heterocycles. The van der Waals surface area contributed by atoms with E-state index in [1.165, 1.54) is 83.5 Å². The molecule has 0 aliphatic heterocycles. The molecular weight excluding hydrogens is 456 g/mol. The topological polar surface area (TPSA) is 0 Å². The zero-order valence-electron chi connectivity index (χ0n) is 28.9. The molecule has 0 aromatic heterocycles. The zero-order chi connectivity index (χ0) is 29.1. The van der Waals surface area contributed by atoms with Crippen molar-refractivity contribution in [1.29, 1.82) is 0 Å². The summed E-state index contributed by atoms with van der Waals surface area (Å²) < 4.78 is 0. The Labute approximate surface area is 243 Å². The van der Waals surface area contributed by atoms with Crippen molar-refractivity contribution in [2.75, 3.05) is 0 Å². The fourth-order valence-electron chi connectivity index (χ4n) is 9.51. The SMILES string of the molecule is CC.CCC.CCC.CCC(CC[C@@H](C)C1CC[C@H]2C3CC=C4CC(C)CCC4(C)[C@H]3CCC12C)C(C)C. The molecule has 0 radical (unpaired) electrons. The highest BCUT2D eigenvalue weighted by molar-refractivity contribution is 5.25. The summed E-state index contributed by atoms with van der Waals surface area (Å²) in [6.45, 7) is 30.3. The molecule has 4 aliphatic rings. The number of hydrogen-bond acceptors (Lipinski definition) is 0. The van der Waals surface area contributed by atoms with Crippen LogP contribution < -0.4 is 0 Å². The van der Waals surface area contributed by atoms with E-state index >= 15 is 0 Å². The Kier molecular flexibility index (Phi) is 15.9. The van der Waals surface area contributed by atoms with E-state index in [0.29, 0.717) is 10.8 Å². The summed E-state index contributed by atoms with van der Waals surface area (Å²) in [5.41, 5.74) is 3.05. The second kappa shape index (κ2) is 16.9. The number of fused-ring (bicyclic) bond motifs is 5. The first-order chi connectivity index (χ1) is 18.0. The lowest BCUT2D eigenvalue weighted by Gasteiger charge is -2.58. The van der Waals surface area contributed by atoms with Crippen molar-refractivity contribution in [3.05, 3.63) is 11.6 Å². The fraction of sp³-hybridized carbons (Fsp3) is 0.947. The maximum absolute atomic E-state index is 2.76. The highest BCUT2D eigenvalue weighted by Crippen LogP contribution is 2.67. The van der Waals surface area contributed by atoms with Gasteiger partial charge in [-0.05, 0) is 116 Å². The highest BCUT2D eigenvalue weighted by atomic mass is 14.6. The molecule has 4 aliphatic carbocycles. The second-order valence-corrected chi connectivity index (χ2v) is 14.7. The summed E-state index contributed by atoms with van der Waals surface area (Å²) in [5, 5.41) is 0. The normalized spacial score (nSPS) is 36.9. The minimum Gasteiger partial charge on any atom is -0.0845 e. The molecule has 0 spiro atoms. The van der Waals surface area contributed by atoms with Crippen LogP contribution in [0.4, 0.5) is 0 Å². The van der Waals surface area contributed by atoms with Crippen molar-refractivity contribution >= 4 is 0 Å². The molecule has 3 fully saturated rings. The third kappa shape index (κ3) is 8.15. The lowest BCUT2D eigenvalue weighted by molar-refractivity contribution is -0.0525. The minimum absolute atomic E-state index is 0.548. The van der Waals surface area contributed by atoms with Gasteiger partial charge in [0.05, 0.1) is 0 Å². The molecule has 0 heteroatoms. The molecular formula is C38H74. The lowest BCUT2D eigenvalue weighted by atomic mass is 9.46. The van der Waals surface area contributed by atoms with Gasteiger partial charge >= 0.3 is 0 Å². The quantitative estimate of drug-likeness (QED) is 0.299. The standard InChI is InChI=1S/C30H52.2C3H8.C2H6/c1-8-23(20(2)3)10-9-22(5)26-13-14-27-25-12-11-24-19-21(4)15-17-29(24,6)28(25)16-18-30(26,27)7;2*1-3-2;1-2/h11,20-23,25-28H,8-10,12-19H2,1-7H3;2*3H2,1-2H3;1-2H3/t21?,22-,23?,25?,26?,27+,28+,29?,30?;;;/m1.../s1. The summed E-state index contributed by atoms with van der Waals surface area (Å²) in [4.78, 5) is 0. The van der Waals surface area contributed by atoms with Crippen molar-refractivity contribution in [2.45, 2.75) is 173 Å². The van der Waals surface area contributed by atoms with Gasteiger partial charge in [-0.15, -0.1) is 0 Å². The Morgan fingerprint density at radius 2 is 1.42 bits per heavy atom. The van der Waals surface area contributed by atoms with Gasteiger partial charge in [-0.1, -0.05) is 127 Å². The summed E-state index contributed by atoms with van der Waals surface area (Å²) in [6.07, 6.45) is 21.4. The fourth-order valence-corrected chi connectivity index (χ4v) is 9.51. The van der Waals surface area contributed by atoms with E-state index in [-0.39, 0.29) is 0 Å². The van der Waals surface area contributed by atoms with Gasteiger partial charge in [-0.2, -0.15) is 0 Å². The summed E-state index contributed by atoms with van der Waals surface area (Å²) in [6, 6.07) is 0. The van der Waals surface area contributed by atoms with E-state index in [1.807, 2.05) is 19.4 Å². The first-order valence-corrected chi connectivity index (χ1v) is 17.7. The van der Waals surface area contributed by atoms with Crippen LogP contribution in [0.25, 0.3) is 0 Å². The van der Waals surface area contributed by atoms with Gasteiger partial charge in [0.1, 0.15) is 0 Å². The Morgan fingerprint density at radius 1 is 0.816 bits per heavy atom. The van der Waals surface area contributed by atoms with E-state index < -0.39 is 0 Å². The predicted octanol–water partition coefficient (Wildman–Crippen LogP) is 13.2. The number of rotatable bonds is 6.